The summed E-state index contributed by atoms with van der Waals surface area (Å²) in [4.78, 5) is 5.14. The Morgan fingerprint density at radius 1 is 0.950 bits per heavy atom. The van der Waals surface area contributed by atoms with Gasteiger partial charge in [-0.05, 0) is 45.6 Å². The second-order valence-electron chi connectivity index (χ2n) is 7.44. The van der Waals surface area contributed by atoms with E-state index in [2.05, 4.69) is 41.1 Å². The number of piperazine rings is 1. The minimum atomic E-state index is 0.711. The van der Waals surface area contributed by atoms with Crippen LogP contribution in [0.4, 0.5) is 0 Å². The van der Waals surface area contributed by atoms with Crippen LogP contribution in [0.2, 0.25) is 0 Å². The minimum Gasteiger partial charge on any atom is -0.304 e. The van der Waals surface area contributed by atoms with Crippen molar-refractivity contribution in [3.8, 4) is 0 Å². The Morgan fingerprint density at radius 3 is 2.10 bits per heavy atom. The summed E-state index contributed by atoms with van der Waals surface area (Å²) in [5, 5.41) is 2.50. The predicted octanol–water partition coefficient (Wildman–Crippen LogP) is 1.25. The van der Waals surface area contributed by atoms with Crippen LogP contribution < -0.4 is 5.43 Å². The van der Waals surface area contributed by atoms with Gasteiger partial charge in [0.1, 0.15) is 0 Å². The van der Waals surface area contributed by atoms with Crippen molar-refractivity contribution in [3.63, 3.8) is 0 Å². The number of hydrazine groups is 1. The van der Waals surface area contributed by atoms with Crippen molar-refractivity contribution in [1.82, 2.24) is 20.2 Å². The van der Waals surface area contributed by atoms with Gasteiger partial charge in [0, 0.05) is 51.4 Å². The fraction of sp³-hybridized carbons (Fsp3) is 1.00. The lowest BCUT2D eigenvalue weighted by molar-refractivity contribution is -0.0181. The molecule has 20 heavy (non-hydrogen) atoms. The van der Waals surface area contributed by atoms with E-state index in [-0.39, 0.29) is 0 Å². The lowest BCUT2D eigenvalue weighted by atomic mass is 9.73. The monoisotopic (exact) mass is 280 g/mol. The first-order valence-electron chi connectivity index (χ1n) is 8.57. The topological polar surface area (TPSA) is 21.8 Å². The number of piperidine rings is 1. The van der Waals surface area contributed by atoms with E-state index in [1.807, 2.05) is 0 Å². The molecule has 0 amide bonds. The quantitative estimate of drug-likeness (QED) is 0.840. The third-order valence-corrected chi connectivity index (χ3v) is 5.67. The van der Waals surface area contributed by atoms with Crippen molar-refractivity contribution in [2.45, 2.75) is 45.2 Å². The maximum Gasteiger partial charge on any atom is 0.0296 e. The Hall–Kier alpha value is -0.160. The Morgan fingerprint density at radius 2 is 1.55 bits per heavy atom. The Labute approximate surface area is 124 Å². The predicted molar refractivity (Wildman–Crippen MR) is 83.5 cm³/mol. The van der Waals surface area contributed by atoms with Crippen LogP contribution >= 0.6 is 0 Å². The molecule has 1 aliphatic carbocycles. The van der Waals surface area contributed by atoms with Gasteiger partial charge in [-0.15, -0.1) is 0 Å². The summed E-state index contributed by atoms with van der Waals surface area (Å²) < 4.78 is 0. The summed E-state index contributed by atoms with van der Waals surface area (Å²) >= 11 is 0. The summed E-state index contributed by atoms with van der Waals surface area (Å²) in [5.74, 6) is 1.73. The number of fused-ring (bicyclic) bond motifs is 2. The number of hydrogen-bond donors (Lipinski definition) is 1. The molecule has 0 radical (unpaired) electrons. The van der Waals surface area contributed by atoms with Crippen LogP contribution in [0.1, 0.15) is 33.1 Å². The number of hydrogen-bond acceptors (Lipinski definition) is 4. The maximum atomic E-state index is 3.92. The van der Waals surface area contributed by atoms with Crippen molar-refractivity contribution in [2.24, 2.45) is 11.8 Å². The maximum absolute atomic E-state index is 3.92. The smallest absolute Gasteiger partial charge is 0.0296 e. The van der Waals surface area contributed by atoms with Gasteiger partial charge in [-0.2, -0.15) is 0 Å². The van der Waals surface area contributed by atoms with Crippen molar-refractivity contribution < 1.29 is 0 Å². The number of likely N-dealkylation sites (N-methyl/N-ethyl adjacent to an activating group) is 1. The summed E-state index contributed by atoms with van der Waals surface area (Å²) in [7, 11) is 2.23. The average Bonchev–Trinajstić information content (AvgIpc) is 2.40. The largest absolute Gasteiger partial charge is 0.304 e. The molecule has 0 aromatic heterocycles. The first-order valence-corrected chi connectivity index (χ1v) is 8.57. The van der Waals surface area contributed by atoms with Crippen molar-refractivity contribution in [1.29, 1.82) is 0 Å². The molecule has 0 spiro atoms. The third-order valence-electron chi connectivity index (χ3n) is 5.67. The molecule has 3 fully saturated rings. The highest BCUT2D eigenvalue weighted by Crippen LogP contribution is 2.35. The number of nitrogens with zero attached hydrogens (tertiary/aromatic N) is 3. The molecule has 2 heterocycles. The van der Waals surface area contributed by atoms with Gasteiger partial charge < -0.3 is 9.80 Å². The molecule has 3 aliphatic rings. The molecule has 2 aliphatic heterocycles. The number of rotatable bonds is 3. The Balaban J connectivity index is 1.59. The van der Waals surface area contributed by atoms with Gasteiger partial charge in [0.15, 0.2) is 0 Å². The Kier molecular flexibility index (Phi) is 4.65. The van der Waals surface area contributed by atoms with E-state index in [0.29, 0.717) is 6.04 Å². The summed E-state index contributed by atoms with van der Waals surface area (Å²) in [6, 6.07) is 1.45. The normalized spacial score (nSPS) is 37.5. The van der Waals surface area contributed by atoms with Crippen LogP contribution in [0.25, 0.3) is 0 Å². The molecule has 4 nitrogen and oxygen atoms in total. The summed E-state index contributed by atoms with van der Waals surface area (Å²) in [5.41, 5.74) is 3.92. The van der Waals surface area contributed by atoms with Gasteiger partial charge in [-0.1, -0.05) is 6.42 Å². The van der Waals surface area contributed by atoms with Gasteiger partial charge in [0.25, 0.3) is 0 Å². The standard InChI is InChI=1S/C16H32N4/c1-13(2)19-11-14-5-4-6-15(12-19)16(14)17-20-9-7-18(3)8-10-20/h13-17H,4-12H2,1-3H3. The van der Waals surface area contributed by atoms with Gasteiger partial charge in [-0.3, -0.25) is 5.43 Å². The molecule has 0 aromatic carbocycles. The SMILES string of the molecule is CC(C)N1CC2CCCC(C1)C2NN1CCN(C)CC1. The minimum absolute atomic E-state index is 0.711. The molecule has 2 bridgehead atoms. The van der Waals surface area contributed by atoms with E-state index >= 15 is 0 Å². The van der Waals surface area contributed by atoms with Crippen LogP contribution in [0.15, 0.2) is 0 Å². The van der Waals surface area contributed by atoms with Crippen LogP contribution in [0.5, 0.6) is 0 Å². The van der Waals surface area contributed by atoms with Gasteiger partial charge in [0.05, 0.1) is 0 Å². The zero-order valence-electron chi connectivity index (χ0n) is 13.5. The highest BCUT2D eigenvalue weighted by atomic mass is 15.5. The Bertz CT molecular complexity index is 298. The fourth-order valence-electron chi connectivity index (χ4n) is 4.25. The van der Waals surface area contributed by atoms with E-state index in [1.54, 1.807) is 0 Å². The second kappa shape index (κ2) is 6.30. The lowest BCUT2D eigenvalue weighted by Crippen LogP contribution is -2.63. The van der Waals surface area contributed by atoms with Crippen LogP contribution in [0, 0.1) is 11.8 Å². The zero-order chi connectivity index (χ0) is 14.1. The zero-order valence-corrected chi connectivity index (χ0v) is 13.5. The molecule has 2 saturated heterocycles. The van der Waals surface area contributed by atoms with Crippen molar-refractivity contribution >= 4 is 0 Å². The first-order chi connectivity index (χ1) is 9.63. The van der Waals surface area contributed by atoms with Crippen molar-refractivity contribution in [3.05, 3.63) is 0 Å². The highest BCUT2D eigenvalue weighted by molar-refractivity contribution is 4.95. The van der Waals surface area contributed by atoms with Crippen molar-refractivity contribution in [2.75, 3.05) is 46.3 Å². The van der Waals surface area contributed by atoms with Gasteiger partial charge >= 0.3 is 0 Å². The molecule has 2 unspecified atom stereocenters. The van der Waals surface area contributed by atoms with Crippen LogP contribution in [0.3, 0.4) is 0 Å². The number of nitrogens with one attached hydrogen (secondary N) is 1. The van der Waals surface area contributed by atoms with E-state index in [9.17, 15) is 0 Å². The molecule has 1 saturated carbocycles. The number of likely N-dealkylation sites (tertiary alicyclic amines) is 1. The van der Waals surface area contributed by atoms with Gasteiger partial charge in [0.2, 0.25) is 0 Å². The van der Waals surface area contributed by atoms with Gasteiger partial charge in [-0.25, -0.2) is 5.01 Å². The van der Waals surface area contributed by atoms with Crippen LogP contribution in [-0.4, -0.2) is 73.2 Å². The summed E-state index contributed by atoms with van der Waals surface area (Å²) in [6.45, 7) is 12.1. The average molecular weight is 280 g/mol. The second-order valence-corrected chi connectivity index (χ2v) is 7.44. The first kappa shape index (κ1) is 14.8. The van der Waals surface area contributed by atoms with E-state index in [0.717, 1.165) is 17.9 Å². The molecule has 1 N–H and O–H groups in total. The van der Waals surface area contributed by atoms with E-state index in [1.165, 1.54) is 58.5 Å². The summed E-state index contributed by atoms with van der Waals surface area (Å²) in [6.07, 6.45) is 4.29. The van der Waals surface area contributed by atoms with E-state index < -0.39 is 0 Å². The lowest BCUT2D eigenvalue weighted by Gasteiger charge is -2.50. The molecular formula is C16H32N4. The third kappa shape index (κ3) is 3.19. The molecule has 2 atom stereocenters. The highest BCUT2D eigenvalue weighted by Gasteiger charge is 2.40. The molecule has 3 rings (SSSR count). The van der Waals surface area contributed by atoms with E-state index in [4.69, 9.17) is 0 Å². The molecular weight excluding hydrogens is 248 g/mol. The molecule has 116 valence electrons. The fourth-order valence-corrected chi connectivity index (χ4v) is 4.25. The molecule has 0 aromatic rings. The van der Waals surface area contributed by atoms with Crippen LogP contribution in [-0.2, 0) is 0 Å². The molecule has 4 heteroatoms.